The minimum absolute atomic E-state index is 0.00644. The number of para-hydroxylation sites is 1. The van der Waals surface area contributed by atoms with Crippen LogP contribution in [0, 0.1) is 0 Å². The lowest BCUT2D eigenvalue weighted by Gasteiger charge is -2.05. The molecule has 0 aliphatic heterocycles. The van der Waals surface area contributed by atoms with Gasteiger partial charge >= 0.3 is 0 Å². The van der Waals surface area contributed by atoms with Gasteiger partial charge in [-0.1, -0.05) is 24.3 Å². The summed E-state index contributed by atoms with van der Waals surface area (Å²) in [6.45, 7) is 0.375. The summed E-state index contributed by atoms with van der Waals surface area (Å²) in [4.78, 5) is 23.5. The maximum absolute atomic E-state index is 11.9. The molecule has 0 fully saturated rings. The summed E-state index contributed by atoms with van der Waals surface area (Å²) in [5.41, 5.74) is 1.66. The van der Waals surface area contributed by atoms with Crippen LogP contribution >= 0.6 is 0 Å². The van der Waals surface area contributed by atoms with E-state index in [-0.39, 0.29) is 18.0 Å². The van der Waals surface area contributed by atoms with Crippen molar-refractivity contribution in [3.8, 4) is 5.69 Å². The Morgan fingerprint density at radius 2 is 1.87 bits per heavy atom. The molecule has 2 heterocycles. The number of nitrogens with zero attached hydrogens (tertiary/aromatic N) is 3. The van der Waals surface area contributed by atoms with Crippen LogP contribution in [0.25, 0.3) is 5.69 Å². The van der Waals surface area contributed by atoms with E-state index in [1.54, 1.807) is 29.2 Å². The third kappa shape index (κ3) is 3.74. The van der Waals surface area contributed by atoms with E-state index in [1.165, 1.54) is 10.6 Å². The van der Waals surface area contributed by atoms with Crippen molar-refractivity contribution in [2.24, 2.45) is 0 Å². The minimum atomic E-state index is -0.217. The van der Waals surface area contributed by atoms with Gasteiger partial charge in [-0.2, -0.15) is 5.10 Å². The molecule has 0 saturated heterocycles. The van der Waals surface area contributed by atoms with Crippen LogP contribution < -0.4 is 10.9 Å². The molecule has 3 aromatic rings. The fourth-order valence-corrected chi connectivity index (χ4v) is 2.18. The molecule has 0 spiro atoms. The van der Waals surface area contributed by atoms with Crippen molar-refractivity contribution in [2.45, 2.75) is 13.1 Å². The van der Waals surface area contributed by atoms with Crippen LogP contribution in [0.5, 0.6) is 0 Å². The monoisotopic (exact) mass is 308 g/mol. The molecule has 2 aromatic heterocycles. The van der Waals surface area contributed by atoms with Crippen molar-refractivity contribution >= 4 is 5.91 Å². The molecule has 0 atom stereocenters. The molecule has 0 bridgehead atoms. The zero-order chi connectivity index (χ0) is 16.1. The smallest absolute Gasteiger partial charge is 0.250 e. The van der Waals surface area contributed by atoms with Gasteiger partial charge in [0, 0.05) is 30.6 Å². The van der Waals surface area contributed by atoms with Crippen molar-refractivity contribution in [3.05, 3.63) is 83.0 Å². The zero-order valence-corrected chi connectivity index (χ0v) is 12.4. The third-order valence-corrected chi connectivity index (χ3v) is 3.36. The van der Waals surface area contributed by atoms with Gasteiger partial charge in [0.2, 0.25) is 5.91 Å². The molecule has 6 heteroatoms. The Morgan fingerprint density at radius 1 is 1.09 bits per heavy atom. The number of hydrogen-bond donors (Lipinski definition) is 1. The van der Waals surface area contributed by atoms with Gasteiger partial charge in [-0.3, -0.25) is 9.59 Å². The molecule has 0 aliphatic carbocycles. The summed E-state index contributed by atoms with van der Waals surface area (Å²) in [5.74, 6) is -0.217. The average Bonchev–Trinajstić information content (AvgIpc) is 3.05. The minimum Gasteiger partial charge on any atom is -0.350 e. The van der Waals surface area contributed by atoms with E-state index in [1.807, 2.05) is 36.5 Å². The van der Waals surface area contributed by atoms with Crippen molar-refractivity contribution in [1.82, 2.24) is 19.7 Å². The number of carbonyl (C=O) groups is 1. The van der Waals surface area contributed by atoms with E-state index in [0.29, 0.717) is 6.54 Å². The topological polar surface area (TPSA) is 68.9 Å². The molecule has 0 unspecified atom stereocenters. The second-order valence-electron chi connectivity index (χ2n) is 5.07. The van der Waals surface area contributed by atoms with Crippen molar-refractivity contribution in [1.29, 1.82) is 0 Å². The molecule has 1 aromatic carbocycles. The van der Waals surface area contributed by atoms with Crippen LogP contribution in [-0.4, -0.2) is 20.3 Å². The summed E-state index contributed by atoms with van der Waals surface area (Å²) in [7, 11) is 0. The van der Waals surface area contributed by atoms with E-state index < -0.39 is 0 Å². The lowest BCUT2D eigenvalue weighted by atomic mass is 10.3. The normalized spacial score (nSPS) is 10.4. The van der Waals surface area contributed by atoms with Gasteiger partial charge in [0.05, 0.1) is 11.9 Å². The third-order valence-electron chi connectivity index (χ3n) is 3.36. The molecular formula is C17H16N4O2. The number of pyridine rings is 1. The van der Waals surface area contributed by atoms with E-state index >= 15 is 0 Å². The lowest BCUT2D eigenvalue weighted by molar-refractivity contribution is -0.121. The SMILES string of the molecule is O=C(Cn1ccccc1=O)NCc1cnn(-c2ccccc2)c1. The molecule has 1 amide bonds. The van der Waals surface area contributed by atoms with Gasteiger partial charge in [-0.05, 0) is 18.2 Å². The maximum atomic E-state index is 11.9. The number of nitrogens with one attached hydrogen (secondary N) is 1. The van der Waals surface area contributed by atoms with Crippen molar-refractivity contribution in [2.75, 3.05) is 0 Å². The summed E-state index contributed by atoms with van der Waals surface area (Å²) in [6.07, 6.45) is 5.17. The fourth-order valence-electron chi connectivity index (χ4n) is 2.18. The molecule has 6 nitrogen and oxygen atoms in total. The summed E-state index contributed by atoms with van der Waals surface area (Å²) < 4.78 is 3.12. The van der Waals surface area contributed by atoms with Crippen LogP contribution in [0.15, 0.2) is 71.9 Å². The summed E-state index contributed by atoms with van der Waals surface area (Å²) in [5, 5.41) is 7.06. The van der Waals surface area contributed by atoms with E-state index in [2.05, 4.69) is 10.4 Å². The maximum Gasteiger partial charge on any atom is 0.250 e. The number of amides is 1. The van der Waals surface area contributed by atoms with E-state index in [4.69, 9.17) is 0 Å². The van der Waals surface area contributed by atoms with Crippen LogP contribution in [0.2, 0.25) is 0 Å². The highest BCUT2D eigenvalue weighted by Crippen LogP contribution is 2.07. The van der Waals surface area contributed by atoms with E-state index in [0.717, 1.165) is 11.3 Å². The Kier molecular flexibility index (Phi) is 4.33. The first-order chi connectivity index (χ1) is 11.2. The van der Waals surface area contributed by atoms with Crippen LogP contribution in [-0.2, 0) is 17.9 Å². The van der Waals surface area contributed by atoms with Gasteiger partial charge in [0.1, 0.15) is 6.54 Å². The van der Waals surface area contributed by atoms with Gasteiger partial charge in [0.15, 0.2) is 0 Å². The molecular weight excluding hydrogens is 292 g/mol. The van der Waals surface area contributed by atoms with Crippen LogP contribution in [0.4, 0.5) is 0 Å². The van der Waals surface area contributed by atoms with Crippen LogP contribution in [0.3, 0.4) is 0 Å². The number of aromatic nitrogens is 3. The quantitative estimate of drug-likeness (QED) is 0.773. The van der Waals surface area contributed by atoms with Gasteiger partial charge in [-0.25, -0.2) is 4.68 Å². The highest BCUT2D eigenvalue weighted by Gasteiger charge is 2.05. The van der Waals surface area contributed by atoms with E-state index in [9.17, 15) is 9.59 Å². The Hall–Kier alpha value is -3.15. The van der Waals surface area contributed by atoms with Crippen LogP contribution in [0.1, 0.15) is 5.56 Å². The lowest BCUT2D eigenvalue weighted by Crippen LogP contribution is -2.31. The first-order valence-corrected chi connectivity index (χ1v) is 7.23. The Labute approximate surface area is 133 Å². The number of rotatable bonds is 5. The molecule has 0 radical (unpaired) electrons. The van der Waals surface area contributed by atoms with Gasteiger partial charge < -0.3 is 9.88 Å². The first kappa shape index (κ1) is 14.8. The summed E-state index contributed by atoms with van der Waals surface area (Å²) >= 11 is 0. The Balaban J connectivity index is 1.59. The largest absolute Gasteiger partial charge is 0.350 e. The number of benzene rings is 1. The predicted octanol–water partition coefficient (Wildman–Crippen LogP) is 1.35. The number of carbonyl (C=O) groups excluding carboxylic acids is 1. The van der Waals surface area contributed by atoms with Gasteiger partial charge in [-0.15, -0.1) is 0 Å². The second kappa shape index (κ2) is 6.74. The Bertz CT molecular complexity index is 852. The Morgan fingerprint density at radius 3 is 2.65 bits per heavy atom. The molecule has 0 saturated carbocycles. The van der Waals surface area contributed by atoms with Crippen molar-refractivity contribution < 1.29 is 4.79 Å². The standard InChI is InChI=1S/C17H16N4O2/c22-16(13-20-9-5-4-8-17(20)23)18-10-14-11-19-21(12-14)15-6-2-1-3-7-15/h1-9,11-12H,10,13H2,(H,18,22). The molecule has 3 rings (SSSR count). The number of hydrogen-bond acceptors (Lipinski definition) is 3. The average molecular weight is 308 g/mol. The zero-order valence-electron chi connectivity index (χ0n) is 12.4. The van der Waals surface area contributed by atoms with Gasteiger partial charge in [0.25, 0.3) is 5.56 Å². The predicted molar refractivity (Wildman–Crippen MR) is 86.1 cm³/mol. The molecule has 23 heavy (non-hydrogen) atoms. The highest BCUT2D eigenvalue weighted by atomic mass is 16.2. The fraction of sp³-hybridized carbons (Fsp3) is 0.118. The molecule has 1 N–H and O–H groups in total. The second-order valence-corrected chi connectivity index (χ2v) is 5.07. The van der Waals surface area contributed by atoms with Crippen molar-refractivity contribution in [3.63, 3.8) is 0 Å². The first-order valence-electron chi connectivity index (χ1n) is 7.23. The highest BCUT2D eigenvalue weighted by molar-refractivity contribution is 5.75. The molecule has 116 valence electrons. The summed E-state index contributed by atoms with van der Waals surface area (Å²) in [6, 6.07) is 14.5. The molecule has 0 aliphatic rings.